The van der Waals surface area contributed by atoms with Gasteiger partial charge in [0.25, 0.3) is 0 Å². The second-order valence-corrected chi connectivity index (χ2v) is 7.62. The Morgan fingerprint density at radius 1 is 1.09 bits per heavy atom. The van der Waals surface area contributed by atoms with Crippen LogP contribution in [0.1, 0.15) is 12.8 Å². The van der Waals surface area contributed by atoms with E-state index in [1.54, 1.807) is 12.1 Å². The maximum Gasteiger partial charge on any atom is 0.240 e. The largest absolute Gasteiger partial charge is 0.327 e. The van der Waals surface area contributed by atoms with Crippen LogP contribution in [0.2, 0.25) is 0 Å². The van der Waals surface area contributed by atoms with Crippen LogP contribution in [0.3, 0.4) is 0 Å². The first-order valence-electron chi connectivity index (χ1n) is 7.59. The molecule has 1 N–H and O–H groups in total. The summed E-state index contributed by atoms with van der Waals surface area (Å²) in [6.07, 6.45) is 1.86. The van der Waals surface area contributed by atoms with Crippen LogP contribution in [0.4, 0.5) is 0 Å². The van der Waals surface area contributed by atoms with Gasteiger partial charge in [-0.3, -0.25) is 0 Å². The molecule has 4 rings (SSSR count). The summed E-state index contributed by atoms with van der Waals surface area (Å²) in [6, 6.07) is 14.9. The molecule has 0 saturated heterocycles. The van der Waals surface area contributed by atoms with Crippen molar-refractivity contribution in [2.24, 2.45) is 7.05 Å². The van der Waals surface area contributed by atoms with Crippen molar-refractivity contribution in [2.75, 3.05) is 0 Å². The number of sulfonamides is 1. The molecule has 1 aliphatic rings. The molecule has 118 valence electrons. The van der Waals surface area contributed by atoms with E-state index in [1.807, 2.05) is 48.0 Å². The lowest BCUT2D eigenvalue weighted by Crippen LogP contribution is -2.25. The summed E-state index contributed by atoms with van der Waals surface area (Å²) in [4.78, 5) is 4.93. The van der Waals surface area contributed by atoms with Crippen LogP contribution < -0.4 is 4.72 Å². The van der Waals surface area contributed by atoms with E-state index >= 15 is 0 Å². The van der Waals surface area contributed by atoms with Crippen LogP contribution in [0.5, 0.6) is 0 Å². The molecular weight excluding hydrogens is 310 g/mol. The van der Waals surface area contributed by atoms with E-state index in [4.69, 9.17) is 0 Å². The van der Waals surface area contributed by atoms with Crippen LogP contribution in [-0.4, -0.2) is 24.0 Å². The van der Waals surface area contributed by atoms with E-state index in [0.717, 1.165) is 35.3 Å². The molecule has 0 radical (unpaired) electrons. The lowest BCUT2D eigenvalue weighted by molar-refractivity contribution is 0.581. The van der Waals surface area contributed by atoms with Gasteiger partial charge in [-0.15, -0.1) is 0 Å². The Hall–Kier alpha value is -2.18. The number of imidazole rings is 1. The van der Waals surface area contributed by atoms with Gasteiger partial charge in [0, 0.05) is 18.7 Å². The molecule has 6 heteroatoms. The fraction of sp³-hybridized carbons (Fsp3) is 0.235. The van der Waals surface area contributed by atoms with E-state index < -0.39 is 10.0 Å². The Labute approximate surface area is 135 Å². The number of benzene rings is 2. The maximum absolute atomic E-state index is 12.2. The molecule has 23 heavy (non-hydrogen) atoms. The summed E-state index contributed by atoms with van der Waals surface area (Å²) in [7, 11) is -1.45. The molecule has 0 aliphatic heterocycles. The highest BCUT2D eigenvalue weighted by Crippen LogP contribution is 2.26. The smallest absolute Gasteiger partial charge is 0.240 e. The lowest BCUT2D eigenvalue weighted by atomic mass is 10.2. The van der Waals surface area contributed by atoms with Crippen molar-refractivity contribution in [3.05, 3.63) is 48.5 Å². The van der Waals surface area contributed by atoms with E-state index in [9.17, 15) is 8.42 Å². The molecular formula is C17H17N3O2S. The molecule has 1 saturated carbocycles. The molecule has 0 spiro atoms. The highest BCUT2D eigenvalue weighted by atomic mass is 32.2. The van der Waals surface area contributed by atoms with E-state index in [0.29, 0.717) is 4.90 Å². The van der Waals surface area contributed by atoms with Gasteiger partial charge in [0.2, 0.25) is 10.0 Å². The zero-order chi connectivity index (χ0) is 16.0. The minimum atomic E-state index is -3.41. The molecule has 0 bridgehead atoms. The topological polar surface area (TPSA) is 64.0 Å². The first-order valence-corrected chi connectivity index (χ1v) is 9.07. The third-order valence-corrected chi connectivity index (χ3v) is 5.65. The minimum absolute atomic E-state index is 0.111. The number of rotatable bonds is 4. The Morgan fingerprint density at radius 2 is 1.78 bits per heavy atom. The minimum Gasteiger partial charge on any atom is -0.327 e. The Kier molecular flexibility index (Phi) is 3.25. The fourth-order valence-corrected chi connectivity index (χ4v) is 3.98. The zero-order valence-electron chi connectivity index (χ0n) is 12.7. The first kappa shape index (κ1) is 14.4. The molecule has 1 aromatic heterocycles. The molecule has 0 atom stereocenters. The normalized spacial score (nSPS) is 15.2. The number of aromatic nitrogens is 2. The quantitative estimate of drug-likeness (QED) is 0.801. The third-order valence-electron chi connectivity index (χ3n) is 4.11. The SMILES string of the molecule is Cn1c(-c2ccc(S(=O)(=O)NC3CC3)cc2)nc2ccccc21. The molecule has 1 heterocycles. The summed E-state index contributed by atoms with van der Waals surface area (Å²) in [5.74, 6) is 0.824. The van der Waals surface area contributed by atoms with Crippen LogP contribution in [0, 0.1) is 0 Å². The second kappa shape index (κ2) is 5.18. The van der Waals surface area contributed by atoms with E-state index in [2.05, 4.69) is 9.71 Å². The molecule has 1 fully saturated rings. The van der Waals surface area contributed by atoms with Crippen LogP contribution >= 0.6 is 0 Å². The average molecular weight is 327 g/mol. The molecule has 1 aliphatic carbocycles. The highest BCUT2D eigenvalue weighted by Gasteiger charge is 2.27. The number of aryl methyl sites for hydroxylation is 1. The summed E-state index contributed by atoms with van der Waals surface area (Å²) in [5.41, 5.74) is 2.88. The monoisotopic (exact) mass is 327 g/mol. The van der Waals surface area contributed by atoms with Gasteiger partial charge in [0.15, 0.2) is 0 Å². The number of para-hydroxylation sites is 2. The predicted molar refractivity (Wildman–Crippen MR) is 89.5 cm³/mol. The third kappa shape index (κ3) is 2.64. The van der Waals surface area contributed by atoms with Gasteiger partial charge in [-0.05, 0) is 49.2 Å². The van der Waals surface area contributed by atoms with Crippen molar-refractivity contribution in [3.63, 3.8) is 0 Å². The first-order chi connectivity index (χ1) is 11.0. The predicted octanol–water partition coefficient (Wildman–Crippen LogP) is 2.68. The Bertz CT molecular complexity index is 971. The van der Waals surface area contributed by atoms with Crippen LogP contribution in [-0.2, 0) is 17.1 Å². The Balaban J connectivity index is 1.71. The van der Waals surface area contributed by atoms with Crippen molar-refractivity contribution < 1.29 is 8.42 Å². The van der Waals surface area contributed by atoms with Gasteiger partial charge in [0.1, 0.15) is 5.82 Å². The molecule has 2 aromatic carbocycles. The average Bonchev–Trinajstić information content (AvgIpc) is 3.29. The zero-order valence-corrected chi connectivity index (χ0v) is 13.5. The standard InChI is InChI=1S/C17H17N3O2S/c1-20-16-5-3-2-4-15(16)18-17(20)12-6-10-14(11-7-12)23(21,22)19-13-8-9-13/h2-7,10-11,13,19H,8-9H2,1H3. The van der Waals surface area contributed by atoms with Crippen molar-refractivity contribution in [2.45, 2.75) is 23.8 Å². The van der Waals surface area contributed by atoms with Gasteiger partial charge in [-0.25, -0.2) is 18.1 Å². The van der Waals surface area contributed by atoms with Gasteiger partial charge in [-0.2, -0.15) is 0 Å². The lowest BCUT2D eigenvalue weighted by Gasteiger charge is -2.07. The summed E-state index contributed by atoms with van der Waals surface area (Å²) < 4.78 is 29.1. The van der Waals surface area contributed by atoms with E-state index in [1.165, 1.54) is 0 Å². The summed E-state index contributed by atoms with van der Waals surface area (Å²) >= 11 is 0. The van der Waals surface area contributed by atoms with Crippen LogP contribution in [0.15, 0.2) is 53.4 Å². The highest BCUT2D eigenvalue weighted by molar-refractivity contribution is 7.89. The van der Waals surface area contributed by atoms with Crippen molar-refractivity contribution in [3.8, 4) is 11.4 Å². The number of nitrogens with one attached hydrogen (secondary N) is 1. The number of hydrogen-bond acceptors (Lipinski definition) is 3. The molecule has 0 amide bonds. The Morgan fingerprint density at radius 3 is 2.43 bits per heavy atom. The van der Waals surface area contributed by atoms with Gasteiger partial charge in [-0.1, -0.05) is 12.1 Å². The maximum atomic E-state index is 12.2. The van der Waals surface area contributed by atoms with Gasteiger partial charge in [0.05, 0.1) is 15.9 Å². The second-order valence-electron chi connectivity index (χ2n) is 5.90. The van der Waals surface area contributed by atoms with Crippen molar-refractivity contribution in [1.29, 1.82) is 0 Å². The molecule has 5 nitrogen and oxygen atoms in total. The van der Waals surface area contributed by atoms with Crippen LogP contribution in [0.25, 0.3) is 22.4 Å². The summed E-state index contributed by atoms with van der Waals surface area (Å²) in [5, 5.41) is 0. The number of fused-ring (bicyclic) bond motifs is 1. The van der Waals surface area contributed by atoms with Crippen molar-refractivity contribution in [1.82, 2.24) is 14.3 Å². The number of hydrogen-bond donors (Lipinski definition) is 1. The summed E-state index contributed by atoms with van der Waals surface area (Å²) in [6.45, 7) is 0. The molecule has 3 aromatic rings. The van der Waals surface area contributed by atoms with Gasteiger partial charge < -0.3 is 4.57 Å². The van der Waals surface area contributed by atoms with Gasteiger partial charge >= 0.3 is 0 Å². The fourth-order valence-electron chi connectivity index (χ4n) is 2.68. The van der Waals surface area contributed by atoms with E-state index in [-0.39, 0.29) is 6.04 Å². The number of nitrogens with zero attached hydrogens (tertiary/aromatic N) is 2. The van der Waals surface area contributed by atoms with Crippen molar-refractivity contribution >= 4 is 21.1 Å². The molecule has 0 unspecified atom stereocenters.